The highest BCUT2D eigenvalue weighted by atomic mass is 31.8. The molecule has 0 saturated carbocycles. The molecule has 7 heteroatoms. The fraction of sp³-hybridized carbons (Fsp3) is 0. The normalized spacial score (nSPS) is 20.6. The van der Waals surface area contributed by atoms with Crippen molar-refractivity contribution >= 4 is 62.0 Å². The van der Waals surface area contributed by atoms with Gasteiger partial charge in [-0.25, -0.2) is 0 Å². The Hall–Kier alpha value is 1.73. The van der Waals surface area contributed by atoms with Crippen LogP contribution in [-0.2, 0) is 0 Å². The van der Waals surface area contributed by atoms with E-state index in [1.54, 1.807) is 29.3 Å². The molecular formula is H15PSi6. The lowest BCUT2D eigenvalue weighted by Gasteiger charge is -2.05. The summed E-state index contributed by atoms with van der Waals surface area (Å²) in [5.74, 6) is 0. The first-order valence-corrected chi connectivity index (χ1v) is 27.6. The lowest BCUT2D eigenvalue weighted by molar-refractivity contribution is 4.09. The monoisotopic (exact) mass is 214 g/mol. The zero-order valence-corrected chi connectivity index (χ0v) is 16.7. The molecule has 0 aliphatic rings. The van der Waals surface area contributed by atoms with Crippen LogP contribution < -0.4 is 0 Å². The molecule has 0 aromatic rings. The van der Waals surface area contributed by atoms with Gasteiger partial charge in [0, 0.05) is 26.1 Å². The Morgan fingerprint density at radius 2 is 1.14 bits per heavy atom. The van der Waals surface area contributed by atoms with Gasteiger partial charge in [-0.2, -0.15) is 6.57 Å². The molecular weight excluding hydrogens is 199 g/mol. The van der Waals surface area contributed by atoms with Crippen LogP contribution in [0.4, 0.5) is 0 Å². The van der Waals surface area contributed by atoms with E-state index in [4.69, 9.17) is 0 Å². The molecule has 0 radical (unpaired) electrons. The summed E-state index contributed by atoms with van der Waals surface area (Å²) in [4.78, 5) is 0. The summed E-state index contributed by atoms with van der Waals surface area (Å²) < 4.78 is 0. The van der Waals surface area contributed by atoms with Crippen LogP contribution in [0.25, 0.3) is 0 Å². The van der Waals surface area contributed by atoms with Gasteiger partial charge in [-0.15, -0.1) is 0 Å². The fourth-order valence-corrected chi connectivity index (χ4v) is 163. The molecule has 0 amide bonds. The van der Waals surface area contributed by atoms with Gasteiger partial charge in [0.15, 0.2) is 0 Å². The first-order valence-electron chi connectivity index (χ1n) is 3.07. The molecule has 44 valence electrons. The molecule has 0 spiro atoms. The molecule has 0 aliphatic carbocycles. The Balaban J connectivity index is 2.99. The van der Waals surface area contributed by atoms with Crippen LogP contribution in [0.3, 0.4) is 0 Å². The van der Waals surface area contributed by atoms with Crippen molar-refractivity contribution in [3.05, 3.63) is 0 Å². The highest BCUT2D eigenvalue weighted by Gasteiger charge is 1.95. The number of hydrogen-bond acceptors (Lipinski definition) is 0. The third-order valence-corrected chi connectivity index (χ3v) is 109. The van der Waals surface area contributed by atoms with E-state index in [0.717, 1.165) is 32.7 Å². The quantitative estimate of drug-likeness (QED) is 0.325. The molecule has 7 heavy (non-hydrogen) atoms. The van der Waals surface area contributed by atoms with Crippen LogP contribution >= 0.6 is 6.57 Å². The van der Waals surface area contributed by atoms with Gasteiger partial charge < -0.3 is 0 Å². The van der Waals surface area contributed by atoms with Gasteiger partial charge in [-0.3, -0.25) is 0 Å². The summed E-state index contributed by atoms with van der Waals surface area (Å²) in [5.41, 5.74) is 0. The van der Waals surface area contributed by atoms with E-state index in [9.17, 15) is 0 Å². The van der Waals surface area contributed by atoms with Crippen molar-refractivity contribution < 1.29 is 0 Å². The minimum Gasteiger partial charge on any atom is -0.168 e. The molecule has 0 atom stereocenters. The number of hydrogen-bond donors (Lipinski definition) is 0. The highest BCUT2D eigenvalue weighted by Crippen LogP contribution is 2.22. The third kappa shape index (κ3) is 4.25. The van der Waals surface area contributed by atoms with Gasteiger partial charge in [0.2, 0.25) is 0 Å². The van der Waals surface area contributed by atoms with E-state index in [1.807, 2.05) is 0 Å². The second-order valence-corrected chi connectivity index (χ2v) is 43.7. The third-order valence-electron chi connectivity index (χ3n) is 1.34. The average molecular weight is 215 g/mol. The van der Waals surface area contributed by atoms with Crippen molar-refractivity contribution in [1.29, 1.82) is 0 Å². The largest absolute Gasteiger partial charge is 0.168 e. The predicted molar refractivity (Wildman–Crippen MR) is 62.4 cm³/mol. The first-order chi connectivity index (χ1) is 3.35. The molecule has 0 bridgehead atoms. The summed E-state index contributed by atoms with van der Waals surface area (Å²) in [6.45, 7) is 1.05. The first kappa shape index (κ1) is 8.73. The maximum atomic E-state index is 1.67. The van der Waals surface area contributed by atoms with E-state index in [2.05, 4.69) is 0 Å². The van der Waals surface area contributed by atoms with Crippen molar-refractivity contribution in [1.82, 2.24) is 0 Å². The molecule has 0 fully saturated rings. The maximum absolute atomic E-state index is 1.67. The second-order valence-electron chi connectivity index (χ2n) is 1.62. The fourth-order valence-electron chi connectivity index (χ4n) is 0.671. The lowest BCUT2D eigenvalue weighted by Crippen LogP contribution is -2.03. The van der Waals surface area contributed by atoms with Gasteiger partial charge in [0.05, 0.1) is 0 Å². The van der Waals surface area contributed by atoms with Gasteiger partial charge >= 0.3 is 0 Å². The van der Waals surface area contributed by atoms with E-state index >= 15 is 0 Å². The minimum atomic E-state index is 0.725. The molecule has 0 saturated heterocycles. The van der Waals surface area contributed by atoms with Crippen LogP contribution in [0.1, 0.15) is 0 Å². The Morgan fingerprint density at radius 3 is 1.14 bits per heavy atom. The standard InChI is InChI=1S/H15PSi6/c2-5-1(6-3)7-4/h5-7H2,2-4H3. The molecule has 0 aromatic carbocycles. The Kier molecular flexibility index (Phi) is 7.31. The van der Waals surface area contributed by atoms with Crippen molar-refractivity contribution in [2.24, 2.45) is 0 Å². The van der Waals surface area contributed by atoms with Gasteiger partial charge in [-0.1, -0.05) is 0 Å². The van der Waals surface area contributed by atoms with E-state index in [-0.39, 0.29) is 0 Å². The topological polar surface area (TPSA) is 0 Å². The molecule has 0 nitrogen and oxygen atoms in total. The van der Waals surface area contributed by atoms with E-state index in [1.165, 1.54) is 0 Å². The molecule has 0 aliphatic heterocycles. The smallest absolute Gasteiger partial charge is 0.0221 e. The van der Waals surface area contributed by atoms with Crippen molar-refractivity contribution in [2.75, 3.05) is 0 Å². The van der Waals surface area contributed by atoms with Gasteiger partial charge in [0.25, 0.3) is 0 Å². The van der Waals surface area contributed by atoms with Crippen LogP contribution in [0.5, 0.6) is 0 Å². The number of rotatable bonds is 3. The molecule has 0 aromatic heterocycles. The van der Waals surface area contributed by atoms with Crippen LogP contribution in [-0.4, -0.2) is 55.4 Å². The SMILES string of the molecule is [SiH3][SiH2]P([SiH2][SiH3])[SiH2][SiH3]. The van der Waals surface area contributed by atoms with Gasteiger partial charge in [0.1, 0.15) is 0 Å². The lowest BCUT2D eigenvalue weighted by atomic mass is 26.7. The Morgan fingerprint density at radius 1 is 0.857 bits per heavy atom. The van der Waals surface area contributed by atoms with Crippen LogP contribution in [0.2, 0.25) is 0 Å². The summed E-state index contributed by atoms with van der Waals surface area (Å²) in [6, 6.07) is 0. The van der Waals surface area contributed by atoms with E-state index < -0.39 is 0 Å². The Bertz CT molecular complexity index is 25.7. The predicted octanol–water partition coefficient (Wildman–Crippen LogP) is -5.44. The highest BCUT2D eigenvalue weighted by molar-refractivity contribution is 8.31. The summed E-state index contributed by atoms with van der Waals surface area (Å²) in [5, 5.41) is 0. The second kappa shape index (κ2) is 5.86. The minimum absolute atomic E-state index is 0.725. The summed E-state index contributed by atoms with van der Waals surface area (Å²) >= 11 is 0. The van der Waals surface area contributed by atoms with E-state index in [0.29, 0.717) is 0 Å². The average Bonchev–Trinajstić information content (AvgIpc) is 1.72. The Labute approximate surface area is 62.0 Å². The van der Waals surface area contributed by atoms with Crippen molar-refractivity contribution in [3.63, 3.8) is 0 Å². The molecule has 0 unspecified atom stereocenters. The van der Waals surface area contributed by atoms with Crippen molar-refractivity contribution in [3.8, 4) is 0 Å². The van der Waals surface area contributed by atoms with Crippen LogP contribution in [0, 0.1) is 0 Å². The molecule has 0 N–H and O–H groups in total. The maximum Gasteiger partial charge on any atom is 0.0221 e. The van der Waals surface area contributed by atoms with Gasteiger partial charge in [-0.05, 0) is 29.3 Å². The molecule has 0 rings (SSSR count). The zero-order chi connectivity index (χ0) is 5.70. The zero-order valence-electron chi connectivity index (χ0n) is 5.57. The molecule has 0 heterocycles. The summed E-state index contributed by atoms with van der Waals surface area (Å²) in [7, 11) is 7.19. The van der Waals surface area contributed by atoms with Crippen LogP contribution in [0.15, 0.2) is 0 Å². The summed E-state index contributed by atoms with van der Waals surface area (Å²) in [6.07, 6.45) is 0. The van der Waals surface area contributed by atoms with Crippen molar-refractivity contribution in [2.45, 2.75) is 0 Å².